The Kier molecular flexibility index (Phi) is 16.1. The highest BCUT2D eigenvalue weighted by atomic mass is 32.1. The summed E-state index contributed by atoms with van der Waals surface area (Å²) < 4.78 is 36.2. The number of β-amino-alcohol motifs (C(OH)–C–C–N with tert-alkyl or cyclic N) is 1. The van der Waals surface area contributed by atoms with Gasteiger partial charge >= 0.3 is 6.01 Å². The van der Waals surface area contributed by atoms with Crippen molar-refractivity contribution in [2.75, 3.05) is 75.4 Å². The Morgan fingerprint density at radius 1 is 0.941 bits per heavy atom. The average Bonchev–Trinajstić information content (AvgIpc) is 3.30. The number of aliphatic hydroxyl groups excluding tert-OH is 2. The van der Waals surface area contributed by atoms with Crippen LogP contribution in [0.3, 0.4) is 0 Å². The first-order chi connectivity index (χ1) is 41.2. The van der Waals surface area contributed by atoms with Gasteiger partial charge in [-0.1, -0.05) is 86.6 Å². The molecule has 9 atom stereocenters. The van der Waals surface area contributed by atoms with E-state index in [1.807, 2.05) is 80.6 Å². The van der Waals surface area contributed by atoms with Gasteiger partial charge in [0.15, 0.2) is 17.4 Å². The lowest BCUT2D eigenvalue weighted by molar-refractivity contribution is -0.201. The number of piperazine rings is 2. The number of halogens is 1. The van der Waals surface area contributed by atoms with E-state index in [4.69, 9.17) is 28.9 Å². The molecule has 10 heterocycles. The topological polar surface area (TPSA) is 211 Å². The summed E-state index contributed by atoms with van der Waals surface area (Å²) in [4.78, 5) is 58.8. The van der Waals surface area contributed by atoms with E-state index in [0.29, 0.717) is 74.3 Å². The summed E-state index contributed by atoms with van der Waals surface area (Å²) in [5.74, 6) is -0.407. The van der Waals surface area contributed by atoms with Crippen LogP contribution in [0.5, 0.6) is 6.01 Å². The lowest BCUT2D eigenvalue weighted by atomic mass is 9.91. The first kappa shape index (κ1) is 57.4. The minimum atomic E-state index is -1.11. The van der Waals surface area contributed by atoms with Crippen LogP contribution in [0.25, 0.3) is 43.4 Å². The van der Waals surface area contributed by atoms with Gasteiger partial charge < -0.3 is 49.5 Å². The van der Waals surface area contributed by atoms with Gasteiger partial charge in [0, 0.05) is 88.2 Å². The molecule has 7 aromatic rings. The largest absolute Gasteiger partial charge is 0.461 e. The highest BCUT2D eigenvalue weighted by molar-refractivity contribution is 7.13. The van der Waals surface area contributed by atoms with Gasteiger partial charge in [-0.15, -0.1) is 11.3 Å². The maximum Gasteiger partial charge on any atom is 0.319 e. The number of hydrogen-bond donors (Lipinski definition) is 4. The molecule has 0 aliphatic carbocycles. The minimum Gasteiger partial charge on any atom is -0.461 e. The number of aromatic nitrogens is 5. The highest BCUT2D eigenvalue weighted by Gasteiger charge is 2.50. The third-order valence-electron chi connectivity index (χ3n) is 19.1. The Balaban J connectivity index is 0.629. The number of thiazole rings is 1. The lowest BCUT2D eigenvalue weighted by Crippen LogP contribution is -2.52. The molecule has 85 heavy (non-hydrogen) atoms. The van der Waals surface area contributed by atoms with E-state index in [9.17, 15) is 19.8 Å². The number of fused-ring (bicyclic) bond motifs is 5. The smallest absolute Gasteiger partial charge is 0.319 e. The lowest BCUT2D eigenvalue weighted by Gasteiger charge is -2.38. The molecule has 4 aromatic heterocycles. The molecule has 6 saturated heterocycles. The fourth-order valence-corrected chi connectivity index (χ4v) is 15.4. The number of aryl methyl sites for hydroxylation is 2. The van der Waals surface area contributed by atoms with Crippen LogP contribution in [0, 0.1) is 18.7 Å². The second-order valence-corrected chi connectivity index (χ2v) is 25.6. The molecule has 448 valence electrons. The van der Waals surface area contributed by atoms with Gasteiger partial charge in [-0.05, 0) is 98.7 Å². The maximum atomic E-state index is 17.3. The summed E-state index contributed by atoms with van der Waals surface area (Å²) in [6, 6.07) is 21.7. The highest BCUT2D eigenvalue weighted by Crippen LogP contribution is 2.44. The van der Waals surface area contributed by atoms with Crippen molar-refractivity contribution in [1.82, 2.24) is 50.4 Å². The number of rotatable bonds is 18. The molecule has 21 heteroatoms. The molecule has 4 unspecified atom stereocenters. The summed E-state index contributed by atoms with van der Waals surface area (Å²) in [7, 11) is 0. The molecular formula is C64H77FN12O7S. The average molecular weight is 1180 g/mol. The molecule has 4 N–H and O–H groups in total. The Bertz CT molecular complexity index is 3560. The Morgan fingerprint density at radius 2 is 1.72 bits per heavy atom. The van der Waals surface area contributed by atoms with Crippen LogP contribution in [0.1, 0.15) is 107 Å². The zero-order valence-electron chi connectivity index (χ0n) is 49.1. The Morgan fingerprint density at radius 3 is 2.46 bits per heavy atom. The van der Waals surface area contributed by atoms with Crippen LogP contribution in [-0.2, 0) is 20.7 Å². The third kappa shape index (κ3) is 11.1. The minimum absolute atomic E-state index is 0.0375. The molecule has 6 aliphatic rings. The monoisotopic (exact) mass is 1180 g/mol. The van der Waals surface area contributed by atoms with Gasteiger partial charge in [0.05, 0.1) is 45.8 Å². The standard InChI is InChI=1S/C64H77FN12O7S/c1-6-40-10-7-11-42-12-8-13-48(54(40)42)56-55(65)57-49(30-66-56)59(75-31-44-18-19-45(32-75)69-44)71-62(70-57)83-35-64-21-9-23-77(64)46(20-22-64)34-82-63(81)74-26-24-73(25-27-74)52-29-51(84-72-52)53(37(2)3)61(80)76-33-47(78)28-50(76)60(79)68-38(4)41-14-16-43(17-15-41)58-39(5)67-36-85-58/h7-8,10-17,29-30,36-38,44-47,50,53,63,69,78,81H,6,9,18-28,31-35H2,1-5H3,(H,68,79)/t38-,44?,45?,46?,47+,50-,53+,63?,64+/m0/s1. The van der Waals surface area contributed by atoms with Gasteiger partial charge in [-0.2, -0.15) is 9.97 Å². The van der Waals surface area contributed by atoms with Crippen molar-refractivity contribution >= 4 is 56.5 Å². The van der Waals surface area contributed by atoms with E-state index in [2.05, 4.69) is 60.6 Å². The quantitative estimate of drug-likeness (QED) is 0.0600. The zero-order chi connectivity index (χ0) is 58.7. The van der Waals surface area contributed by atoms with Crippen molar-refractivity contribution in [3.8, 4) is 27.7 Å². The van der Waals surface area contributed by atoms with E-state index in [-0.39, 0.29) is 65.5 Å². The SMILES string of the molecule is CCc1cccc2cccc(-c3ncc4c(N5CC6CCC(C5)N6)nc(OC[C@]56CCCN5C(COC(O)N5CCN(c7cc([C@H](C(=O)N8C[C@H](O)C[C@H]8C(=O)N[C@@H](C)c8ccc(-c9scnc9C)cc8)C(C)C)on7)CC5)CC6)nc4c3F)c12. The molecule has 0 radical (unpaired) electrons. The molecule has 3 aromatic carbocycles. The number of anilines is 2. The zero-order valence-corrected chi connectivity index (χ0v) is 49.9. The molecule has 19 nitrogen and oxygen atoms in total. The van der Waals surface area contributed by atoms with Crippen molar-refractivity contribution in [3.63, 3.8) is 0 Å². The number of carbonyl (C=O) groups is 2. The van der Waals surface area contributed by atoms with Crippen LogP contribution in [0.4, 0.5) is 16.0 Å². The molecule has 0 spiro atoms. The summed E-state index contributed by atoms with van der Waals surface area (Å²) in [6.45, 7) is 15.1. The second kappa shape index (κ2) is 23.9. The number of aliphatic hydroxyl groups is 2. The first-order valence-corrected chi connectivity index (χ1v) is 31.4. The van der Waals surface area contributed by atoms with Crippen LogP contribution in [0.2, 0.25) is 0 Å². The molecule has 6 fully saturated rings. The van der Waals surface area contributed by atoms with E-state index in [1.54, 1.807) is 23.6 Å². The number of pyridine rings is 1. The van der Waals surface area contributed by atoms with Crippen molar-refractivity contribution in [2.24, 2.45) is 5.92 Å². The van der Waals surface area contributed by atoms with Gasteiger partial charge in [-0.3, -0.25) is 24.4 Å². The molecule has 2 amide bonds. The summed E-state index contributed by atoms with van der Waals surface area (Å²) in [5, 5.41) is 36.2. The predicted octanol–water partition coefficient (Wildman–Crippen LogP) is 7.98. The Hall–Kier alpha value is -6.72. The number of hydrogen-bond acceptors (Lipinski definition) is 18. The van der Waals surface area contributed by atoms with Crippen LogP contribution >= 0.6 is 11.3 Å². The van der Waals surface area contributed by atoms with E-state index < -0.39 is 30.3 Å². The molecule has 6 aliphatic heterocycles. The summed E-state index contributed by atoms with van der Waals surface area (Å²) >= 11 is 1.59. The number of carbonyl (C=O) groups excluding carboxylic acids is 2. The summed E-state index contributed by atoms with van der Waals surface area (Å²) in [5.41, 5.74) is 6.84. The van der Waals surface area contributed by atoms with Gasteiger partial charge in [0.25, 0.3) is 0 Å². The number of ether oxygens (including phenoxy) is 2. The normalized spacial score (nSPS) is 24.7. The number of amides is 2. The number of nitrogens with one attached hydrogen (secondary N) is 2. The molecular weight excluding hydrogens is 1100 g/mol. The van der Waals surface area contributed by atoms with Crippen molar-refractivity contribution in [1.29, 1.82) is 0 Å². The second-order valence-electron chi connectivity index (χ2n) is 24.7. The van der Waals surface area contributed by atoms with Crippen LogP contribution < -0.4 is 25.2 Å². The molecule has 0 saturated carbocycles. The number of likely N-dealkylation sites (tertiary alicyclic amines) is 1. The van der Waals surface area contributed by atoms with E-state index in [0.717, 1.165) is 108 Å². The Labute approximate surface area is 498 Å². The van der Waals surface area contributed by atoms with Crippen molar-refractivity contribution < 1.29 is 38.2 Å². The van der Waals surface area contributed by atoms with E-state index >= 15 is 4.39 Å². The number of benzene rings is 3. The maximum absolute atomic E-state index is 17.3. The number of nitrogens with zero attached hydrogens (tertiary/aromatic N) is 10. The third-order valence-corrected chi connectivity index (χ3v) is 20.1. The van der Waals surface area contributed by atoms with Gasteiger partial charge in [0.1, 0.15) is 35.6 Å². The van der Waals surface area contributed by atoms with Crippen LogP contribution in [-0.4, -0.2) is 170 Å². The summed E-state index contributed by atoms with van der Waals surface area (Å²) in [6.07, 6.45) is 6.57. The van der Waals surface area contributed by atoms with Crippen molar-refractivity contribution in [2.45, 2.75) is 140 Å². The fraction of sp³-hybridized carbons (Fsp3) is 0.516. The van der Waals surface area contributed by atoms with Gasteiger partial charge in [0.2, 0.25) is 18.2 Å². The first-order valence-electron chi connectivity index (χ1n) is 30.5. The van der Waals surface area contributed by atoms with Crippen molar-refractivity contribution in [3.05, 3.63) is 107 Å². The van der Waals surface area contributed by atoms with Crippen LogP contribution in [0.15, 0.2) is 83.0 Å². The predicted molar refractivity (Wildman–Crippen MR) is 324 cm³/mol. The fourth-order valence-electron chi connectivity index (χ4n) is 14.5. The molecule has 13 rings (SSSR count). The molecule has 2 bridgehead atoms. The van der Waals surface area contributed by atoms with Gasteiger partial charge in [-0.25, -0.2) is 9.37 Å². The van der Waals surface area contributed by atoms with E-state index in [1.165, 1.54) is 4.90 Å².